The van der Waals surface area contributed by atoms with E-state index in [1.54, 1.807) is 32.8 Å². The maximum Gasteiger partial charge on any atom is 0.343 e. The van der Waals surface area contributed by atoms with E-state index in [4.69, 9.17) is 9.47 Å². The van der Waals surface area contributed by atoms with E-state index in [1.807, 2.05) is 18.2 Å². The van der Waals surface area contributed by atoms with Crippen molar-refractivity contribution in [1.82, 2.24) is 29.6 Å². The van der Waals surface area contributed by atoms with Crippen LogP contribution in [0.4, 0.5) is 5.82 Å². The van der Waals surface area contributed by atoms with Crippen LogP contribution in [0.1, 0.15) is 17.2 Å². The van der Waals surface area contributed by atoms with E-state index in [1.165, 1.54) is 22.5 Å². The van der Waals surface area contributed by atoms with Gasteiger partial charge in [-0.2, -0.15) is 0 Å². The number of imidazole rings is 1. The number of rotatable bonds is 11. The summed E-state index contributed by atoms with van der Waals surface area (Å²) < 4.78 is 13.7. The number of hydrogen-bond donors (Lipinski definition) is 1. The standard InChI is InChI=1S/C20H25N7O5S/c1-13-22-10-19(27(29)30)26(13)11-17-23-24-20(25(17)2)33-12-18(28)21-8-7-14-5-6-15(31-3)16(9-14)32-4/h5-6,9-10H,7-8,11-12H2,1-4H3,(H,21,28). The van der Waals surface area contributed by atoms with Crippen LogP contribution in [-0.4, -0.2) is 61.7 Å². The molecular formula is C20H25N7O5S. The van der Waals surface area contributed by atoms with Crippen molar-refractivity contribution >= 4 is 23.5 Å². The molecule has 0 unspecified atom stereocenters. The number of nitro groups is 1. The molecule has 0 spiro atoms. The van der Waals surface area contributed by atoms with Crippen LogP contribution < -0.4 is 14.8 Å². The van der Waals surface area contributed by atoms with Crippen molar-refractivity contribution in [2.45, 2.75) is 25.0 Å². The van der Waals surface area contributed by atoms with E-state index < -0.39 is 4.92 Å². The molecule has 0 bridgehead atoms. The fraction of sp³-hybridized carbons (Fsp3) is 0.400. The van der Waals surface area contributed by atoms with Gasteiger partial charge in [0.25, 0.3) is 0 Å². The number of carbonyl (C=O) groups is 1. The van der Waals surface area contributed by atoms with Crippen molar-refractivity contribution in [3.63, 3.8) is 0 Å². The van der Waals surface area contributed by atoms with Crippen molar-refractivity contribution in [3.8, 4) is 11.5 Å². The highest BCUT2D eigenvalue weighted by Gasteiger charge is 2.21. The number of ether oxygens (including phenoxy) is 2. The van der Waals surface area contributed by atoms with E-state index in [0.29, 0.717) is 41.3 Å². The molecule has 1 aromatic carbocycles. The van der Waals surface area contributed by atoms with Crippen LogP contribution in [0.25, 0.3) is 0 Å². The van der Waals surface area contributed by atoms with Crippen molar-refractivity contribution in [3.05, 3.63) is 51.7 Å². The second kappa shape index (κ2) is 10.8. The van der Waals surface area contributed by atoms with Crippen LogP contribution >= 0.6 is 11.8 Å². The van der Waals surface area contributed by atoms with Gasteiger partial charge in [-0.05, 0) is 29.0 Å². The molecule has 2 heterocycles. The molecule has 0 aliphatic carbocycles. The molecule has 1 N–H and O–H groups in total. The van der Waals surface area contributed by atoms with Crippen LogP contribution in [-0.2, 0) is 24.8 Å². The molecule has 176 valence electrons. The number of methoxy groups -OCH3 is 2. The summed E-state index contributed by atoms with van der Waals surface area (Å²) in [7, 11) is 4.92. The average molecular weight is 476 g/mol. The number of benzene rings is 1. The Morgan fingerprint density at radius 3 is 2.70 bits per heavy atom. The highest BCUT2D eigenvalue weighted by molar-refractivity contribution is 7.99. The Balaban J connectivity index is 1.51. The second-order valence-corrected chi connectivity index (χ2v) is 7.99. The van der Waals surface area contributed by atoms with Crippen LogP contribution in [0.5, 0.6) is 11.5 Å². The third-order valence-corrected chi connectivity index (χ3v) is 5.98. The van der Waals surface area contributed by atoms with Crippen molar-refractivity contribution in [2.75, 3.05) is 26.5 Å². The highest BCUT2D eigenvalue weighted by atomic mass is 32.2. The monoisotopic (exact) mass is 475 g/mol. The molecule has 0 saturated carbocycles. The predicted octanol–water partition coefficient (Wildman–Crippen LogP) is 1.74. The molecule has 12 nitrogen and oxygen atoms in total. The van der Waals surface area contributed by atoms with Crippen LogP contribution in [0.3, 0.4) is 0 Å². The zero-order valence-electron chi connectivity index (χ0n) is 18.8. The van der Waals surface area contributed by atoms with E-state index in [0.717, 1.165) is 5.56 Å². The van der Waals surface area contributed by atoms with Crippen LogP contribution in [0, 0.1) is 17.0 Å². The van der Waals surface area contributed by atoms with Crippen LogP contribution in [0.2, 0.25) is 0 Å². The molecular weight excluding hydrogens is 450 g/mol. The summed E-state index contributed by atoms with van der Waals surface area (Å²) in [6.45, 7) is 2.32. The molecule has 0 atom stereocenters. The molecule has 0 aliphatic rings. The summed E-state index contributed by atoms with van der Waals surface area (Å²) in [5, 5.41) is 22.8. The lowest BCUT2D eigenvalue weighted by Crippen LogP contribution is -2.27. The topological polar surface area (TPSA) is 139 Å². The lowest BCUT2D eigenvalue weighted by atomic mass is 10.1. The maximum absolute atomic E-state index is 12.2. The molecule has 3 aromatic rings. The molecule has 13 heteroatoms. The number of hydrogen-bond acceptors (Lipinski definition) is 9. The molecule has 2 aromatic heterocycles. The van der Waals surface area contributed by atoms with Crippen molar-refractivity contribution < 1.29 is 19.2 Å². The summed E-state index contributed by atoms with van der Waals surface area (Å²) in [5.74, 6) is 2.25. The Labute approximate surface area is 194 Å². The number of aryl methyl sites for hydroxylation is 1. The number of amides is 1. The Morgan fingerprint density at radius 2 is 2.00 bits per heavy atom. The van der Waals surface area contributed by atoms with Gasteiger partial charge in [0.1, 0.15) is 6.20 Å². The Bertz CT molecular complexity index is 1140. The van der Waals surface area contributed by atoms with E-state index >= 15 is 0 Å². The molecule has 0 aliphatic heterocycles. The maximum atomic E-state index is 12.2. The zero-order valence-corrected chi connectivity index (χ0v) is 19.6. The molecule has 0 radical (unpaired) electrons. The van der Waals surface area contributed by atoms with E-state index in [-0.39, 0.29) is 24.0 Å². The summed E-state index contributed by atoms with van der Waals surface area (Å²) in [6, 6.07) is 5.64. The van der Waals surface area contributed by atoms with Crippen molar-refractivity contribution in [2.24, 2.45) is 7.05 Å². The Kier molecular flexibility index (Phi) is 7.87. The number of aromatic nitrogens is 5. The highest BCUT2D eigenvalue weighted by Crippen LogP contribution is 2.27. The van der Waals surface area contributed by atoms with Gasteiger partial charge in [0, 0.05) is 20.5 Å². The minimum absolute atomic E-state index is 0.112. The minimum Gasteiger partial charge on any atom is -0.493 e. The van der Waals surface area contributed by atoms with Gasteiger partial charge >= 0.3 is 5.82 Å². The van der Waals surface area contributed by atoms with Gasteiger partial charge in [0.05, 0.1) is 20.0 Å². The van der Waals surface area contributed by atoms with Gasteiger partial charge in [-0.15, -0.1) is 10.2 Å². The van der Waals surface area contributed by atoms with Gasteiger partial charge < -0.3 is 29.5 Å². The lowest BCUT2D eigenvalue weighted by molar-refractivity contribution is -0.392. The fourth-order valence-electron chi connectivity index (χ4n) is 3.11. The smallest absolute Gasteiger partial charge is 0.343 e. The van der Waals surface area contributed by atoms with Crippen LogP contribution in [0.15, 0.2) is 29.6 Å². The van der Waals surface area contributed by atoms with Crippen molar-refractivity contribution in [1.29, 1.82) is 0 Å². The second-order valence-electron chi connectivity index (χ2n) is 7.04. The van der Waals surface area contributed by atoms with Gasteiger partial charge in [-0.1, -0.05) is 17.8 Å². The SMILES string of the molecule is COc1ccc(CCNC(=O)CSc2nnc(Cn3c([N+](=O)[O-])cnc3C)n2C)cc1OC. The van der Waals surface area contributed by atoms with Gasteiger partial charge in [-0.25, -0.2) is 9.55 Å². The summed E-state index contributed by atoms with van der Waals surface area (Å²) >= 11 is 1.24. The summed E-state index contributed by atoms with van der Waals surface area (Å²) in [4.78, 5) is 26.9. The largest absolute Gasteiger partial charge is 0.493 e. The summed E-state index contributed by atoms with van der Waals surface area (Å²) in [5.41, 5.74) is 1.02. The third kappa shape index (κ3) is 5.80. The van der Waals surface area contributed by atoms with E-state index in [9.17, 15) is 14.9 Å². The molecule has 3 rings (SSSR count). The average Bonchev–Trinajstić information content (AvgIpc) is 3.34. The predicted molar refractivity (Wildman–Crippen MR) is 121 cm³/mol. The Morgan fingerprint density at radius 1 is 1.24 bits per heavy atom. The minimum atomic E-state index is -0.488. The first-order chi connectivity index (χ1) is 15.8. The molecule has 0 fully saturated rings. The Hall–Kier alpha value is -3.61. The first-order valence-corrected chi connectivity index (χ1v) is 11.0. The van der Waals surface area contributed by atoms with Gasteiger partial charge in [0.2, 0.25) is 5.91 Å². The van der Waals surface area contributed by atoms with Gasteiger partial charge in [-0.3, -0.25) is 4.79 Å². The number of thioether (sulfide) groups is 1. The lowest BCUT2D eigenvalue weighted by Gasteiger charge is -2.10. The van der Waals surface area contributed by atoms with Gasteiger partial charge in [0.15, 0.2) is 34.8 Å². The molecule has 1 amide bonds. The fourth-order valence-corrected chi connectivity index (χ4v) is 3.87. The van der Waals surface area contributed by atoms with E-state index in [2.05, 4.69) is 20.5 Å². The quantitative estimate of drug-likeness (QED) is 0.249. The first-order valence-electron chi connectivity index (χ1n) is 9.99. The zero-order chi connectivity index (χ0) is 24.0. The molecule has 33 heavy (non-hydrogen) atoms. The normalized spacial score (nSPS) is 10.8. The summed E-state index contributed by atoms with van der Waals surface area (Å²) in [6.07, 6.45) is 1.86. The number of nitrogens with one attached hydrogen (secondary N) is 1. The first kappa shape index (κ1) is 24.0. The number of nitrogens with zero attached hydrogens (tertiary/aromatic N) is 6. The molecule has 0 saturated heterocycles. The third-order valence-electron chi connectivity index (χ3n) is 4.96. The number of carbonyl (C=O) groups excluding carboxylic acids is 1.